The smallest absolute Gasteiger partial charge is 0.220 e. The second-order valence-electron chi connectivity index (χ2n) is 5.55. The number of nitrogens with zero attached hydrogens (tertiary/aromatic N) is 1. The van der Waals surface area contributed by atoms with E-state index in [-0.39, 0.29) is 17.9 Å². The quantitative estimate of drug-likeness (QED) is 0.670. The number of hydrogen-bond donors (Lipinski definition) is 2. The molecule has 0 spiro atoms. The lowest BCUT2D eigenvalue weighted by Gasteiger charge is -2.24. The van der Waals surface area contributed by atoms with Crippen molar-refractivity contribution in [3.05, 3.63) is 0 Å². The molecule has 2 N–H and O–H groups in total. The standard InChI is InChI=1S/C15H29N3O2/c1-3-9-18(10-4-2)11-5-6-15(20)17-13-7-8-14(19)16-12-13/h13H,3-12H2,1-2H3,(H,16,19)(H,17,20). The fourth-order valence-electron chi connectivity index (χ4n) is 2.59. The Labute approximate surface area is 122 Å². The maximum atomic E-state index is 11.8. The third kappa shape index (κ3) is 6.89. The van der Waals surface area contributed by atoms with Crippen LogP contribution in [-0.4, -0.2) is 48.9 Å². The van der Waals surface area contributed by atoms with Crippen molar-refractivity contribution < 1.29 is 9.59 Å². The largest absolute Gasteiger partial charge is 0.354 e. The Bertz CT molecular complexity index is 291. The third-order valence-corrected chi connectivity index (χ3v) is 3.59. The summed E-state index contributed by atoms with van der Waals surface area (Å²) in [5.74, 6) is 0.198. The summed E-state index contributed by atoms with van der Waals surface area (Å²) in [4.78, 5) is 25.3. The molecule has 116 valence electrons. The van der Waals surface area contributed by atoms with Crippen molar-refractivity contribution in [1.82, 2.24) is 15.5 Å². The lowest BCUT2D eigenvalue weighted by atomic mass is 10.1. The van der Waals surface area contributed by atoms with E-state index in [0.717, 1.165) is 45.3 Å². The van der Waals surface area contributed by atoms with E-state index < -0.39 is 0 Å². The Morgan fingerprint density at radius 3 is 2.55 bits per heavy atom. The number of carbonyl (C=O) groups excluding carboxylic acids is 2. The highest BCUT2D eigenvalue weighted by Crippen LogP contribution is 2.04. The van der Waals surface area contributed by atoms with Crippen LogP contribution in [-0.2, 0) is 9.59 Å². The van der Waals surface area contributed by atoms with Crippen molar-refractivity contribution in [2.24, 2.45) is 0 Å². The van der Waals surface area contributed by atoms with E-state index in [1.165, 1.54) is 0 Å². The normalized spacial score (nSPS) is 18.9. The van der Waals surface area contributed by atoms with E-state index in [4.69, 9.17) is 0 Å². The Morgan fingerprint density at radius 2 is 2.00 bits per heavy atom. The Kier molecular flexibility index (Phi) is 8.26. The topological polar surface area (TPSA) is 61.4 Å². The van der Waals surface area contributed by atoms with Crippen LogP contribution in [0.25, 0.3) is 0 Å². The van der Waals surface area contributed by atoms with Gasteiger partial charge in [0, 0.05) is 25.4 Å². The highest BCUT2D eigenvalue weighted by molar-refractivity contribution is 5.78. The van der Waals surface area contributed by atoms with Crippen molar-refractivity contribution >= 4 is 11.8 Å². The fourth-order valence-corrected chi connectivity index (χ4v) is 2.59. The summed E-state index contributed by atoms with van der Waals surface area (Å²) in [6.07, 6.45) is 5.09. The van der Waals surface area contributed by atoms with Gasteiger partial charge in [-0.05, 0) is 45.3 Å². The number of nitrogens with one attached hydrogen (secondary N) is 2. The fraction of sp³-hybridized carbons (Fsp3) is 0.867. The molecule has 5 nitrogen and oxygen atoms in total. The zero-order chi connectivity index (χ0) is 14.8. The molecule has 0 aromatic heterocycles. The van der Waals surface area contributed by atoms with Gasteiger partial charge in [-0.15, -0.1) is 0 Å². The second kappa shape index (κ2) is 9.75. The Morgan fingerprint density at radius 1 is 1.30 bits per heavy atom. The van der Waals surface area contributed by atoms with Crippen molar-refractivity contribution in [3.63, 3.8) is 0 Å². The van der Waals surface area contributed by atoms with Gasteiger partial charge in [0.25, 0.3) is 0 Å². The first-order valence-corrected chi connectivity index (χ1v) is 7.94. The minimum Gasteiger partial charge on any atom is -0.354 e. The lowest BCUT2D eigenvalue weighted by molar-refractivity contribution is -0.125. The molecule has 5 heteroatoms. The van der Waals surface area contributed by atoms with Crippen LogP contribution >= 0.6 is 0 Å². The molecule has 0 aliphatic carbocycles. The van der Waals surface area contributed by atoms with Crippen LogP contribution < -0.4 is 10.6 Å². The summed E-state index contributed by atoms with van der Waals surface area (Å²) in [6, 6.07) is 0.114. The highest BCUT2D eigenvalue weighted by Gasteiger charge is 2.19. The van der Waals surface area contributed by atoms with Gasteiger partial charge in [0.05, 0.1) is 0 Å². The first kappa shape index (κ1) is 17.0. The van der Waals surface area contributed by atoms with Gasteiger partial charge in [0.15, 0.2) is 0 Å². The van der Waals surface area contributed by atoms with Crippen molar-refractivity contribution in [2.45, 2.75) is 58.4 Å². The van der Waals surface area contributed by atoms with Crippen LogP contribution in [0.3, 0.4) is 0 Å². The molecular weight excluding hydrogens is 254 g/mol. The summed E-state index contributed by atoms with van der Waals surface area (Å²) in [5, 5.41) is 5.79. The zero-order valence-corrected chi connectivity index (χ0v) is 12.9. The molecule has 2 amide bonds. The summed E-state index contributed by atoms with van der Waals surface area (Å²) >= 11 is 0. The molecule has 1 heterocycles. The monoisotopic (exact) mass is 283 g/mol. The lowest BCUT2D eigenvalue weighted by Crippen LogP contribution is -2.47. The van der Waals surface area contributed by atoms with Crippen LogP contribution in [0, 0.1) is 0 Å². The van der Waals surface area contributed by atoms with Gasteiger partial charge in [-0.3, -0.25) is 9.59 Å². The maximum Gasteiger partial charge on any atom is 0.220 e. The van der Waals surface area contributed by atoms with Crippen LogP contribution in [0.5, 0.6) is 0 Å². The molecule has 1 atom stereocenters. The summed E-state index contributed by atoms with van der Waals surface area (Å²) in [7, 11) is 0. The predicted molar refractivity (Wildman–Crippen MR) is 80.4 cm³/mol. The predicted octanol–water partition coefficient (Wildman–Crippen LogP) is 1.28. The van der Waals surface area contributed by atoms with E-state index in [0.29, 0.717) is 19.4 Å². The average molecular weight is 283 g/mol. The molecule has 0 saturated carbocycles. The summed E-state index contributed by atoms with van der Waals surface area (Å²) in [5.41, 5.74) is 0. The van der Waals surface area contributed by atoms with Crippen LogP contribution in [0.1, 0.15) is 52.4 Å². The maximum absolute atomic E-state index is 11.8. The molecular formula is C15H29N3O2. The molecule has 1 aliphatic rings. The number of amides is 2. The number of piperidine rings is 1. The molecule has 1 unspecified atom stereocenters. The van der Waals surface area contributed by atoms with Gasteiger partial charge in [0.1, 0.15) is 0 Å². The Balaban J connectivity index is 2.14. The van der Waals surface area contributed by atoms with Gasteiger partial charge < -0.3 is 15.5 Å². The zero-order valence-electron chi connectivity index (χ0n) is 12.9. The molecule has 20 heavy (non-hydrogen) atoms. The molecule has 1 saturated heterocycles. The van der Waals surface area contributed by atoms with Gasteiger partial charge in [-0.25, -0.2) is 0 Å². The van der Waals surface area contributed by atoms with E-state index in [2.05, 4.69) is 29.4 Å². The van der Waals surface area contributed by atoms with Gasteiger partial charge in [0.2, 0.25) is 11.8 Å². The minimum atomic E-state index is 0.0882. The van der Waals surface area contributed by atoms with E-state index in [1.807, 2.05) is 0 Å². The van der Waals surface area contributed by atoms with E-state index >= 15 is 0 Å². The Hall–Kier alpha value is -1.10. The van der Waals surface area contributed by atoms with E-state index in [1.54, 1.807) is 0 Å². The van der Waals surface area contributed by atoms with Gasteiger partial charge in [-0.1, -0.05) is 13.8 Å². The third-order valence-electron chi connectivity index (χ3n) is 3.59. The minimum absolute atomic E-state index is 0.0882. The first-order chi connectivity index (χ1) is 9.65. The van der Waals surface area contributed by atoms with Crippen molar-refractivity contribution in [3.8, 4) is 0 Å². The van der Waals surface area contributed by atoms with Gasteiger partial charge in [-0.2, -0.15) is 0 Å². The number of rotatable bonds is 9. The van der Waals surface area contributed by atoms with Gasteiger partial charge >= 0.3 is 0 Å². The van der Waals surface area contributed by atoms with Crippen LogP contribution in [0.15, 0.2) is 0 Å². The van der Waals surface area contributed by atoms with Crippen molar-refractivity contribution in [1.29, 1.82) is 0 Å². The second-order valence-corrected chi connectivity index (χ2v) is 5.55. The number of carbonyl (C=O) groups is 2. The molecule has 0 aromatic rings. The molecule has 1 aliphatic heterocycles. The molecule has 0 bridgehead atoms. The van der Waals surface area contributed by atoms with Crippen LogP contribution in [0.2, 0.25) is 0 Å². The SMILES string of the molecule is CCCN(CCC)CCCC(=O)NC1CCC(=O)NC1. The van der Waals surface area contributed by atoms with Crippen molar-refractivity contribution in [2.75, 3.05) is 26.2 Å². The molecule has 0 radical (unpaired) electrons. The van der Waals surface area contributed by atoms with E-state index in [9.17, 15) is 9.59 Å². The number of hydrogen-bond acceptors (Lipinski definition) is 3. The average Bonchev–Trinajstić information content (AvgIpc) is 2.42. The van der Waals surface area contributed by atoms with Crippen LogP contribution in [0.4, 0.5) is 0 Å². The molecule has 1 fully saturated rings. The highest BCUT2D eigenvalue weighted by atomic mass is 16.2. The summed E-state index contributed by atoms with van der Waals surface area (Å²) < 4.78 is 0. The molecule has 0 aromatic carbocycles. The summed E-state index contributed by atoms with van der Waals surface area (Å²) in [6.45, 7) is 8.17. The first-order valence-electron chi connectivity index (χ1n) is 7.94. The molecule has 1 rings (SSSR count).